The minimum Gasteiger partial charge on any atom is -0.379 e. The lowest BCUT2D eigenvalue weighted by atomic mass is 9.96. The van der Waals surface area contributed by atoms with Gasteiger partial charge in [0, 0.05) is 32.0 Å². The van der Waals surface area contributed by atoms with Crippen LogP contribution in [0.2, 0.25) is 0 Å². The molecule has 1 fully saturated rings. The van der Waals surface area contributed by atoms with Gasteiger partial charge in [-0.05, 0) is 46.2 Å². The first-order chi connectivity index (χ1) is 9.63. The fraction of sp³-hybridized carbons (Fsp3) is 0.867. The number of piperidine rings is 1. The minimum absolute atomic E-state index is 0.138. The van der Waals surface area contributed by atoms with E-state index in [9.17, 15) is 4.79 Å². The van der Waals surface area contributed by atoms with Crippen LogP contribution in [0.5, 0.6) is 0 Å². The average Bonchev–Trinajstić information content (AvgIpc) is 2.44. The number of hydrogen-bond acceptors (Lipinski definition) is 4. The summed E-state index contributed by atoms with van der Waals surface area (Å²) in [5, 5.41) is 11.6. The maximum atomic E-state index is 12.0. The van der Waals surface area contributed by atoms with Gasteiger partial charge in [0.25, 0.3) is 0 Å². The lowest BCUT2D eigenvalue weighted by molar-refractivity contribution is -0.126. The Morgan fingerprint density at radius 2 is 2.15 bits per heavy atom. The Kier molecular flexibility index (Phi) is 8.24. The van der Waals surface area contributed by atoms with E-state index in [1.165, 1.54) is 0 Å². The molecule has 0 aromatic carbocycles. The molecule has 0 aromatic rings. The van der Waals surface area contributed by atoms with Gasteiger partial charge in [-0.2, -0.15) is 5.26 Å². The van der Waals surface area contributed by atoms with Crippen LogP contribution >= 0.6 is 0 Å². The van der Waals surface area contributed by atoms with Crippen LogP contribution in [0, 0.1) is 17.2 Å². The molecule has 5 heteroatoms. The normalized spacial score (nSPS) is 17.1. The Labute approximate surface area is 122 Å². The average molecular weight is 281 g/mol. The number of likely N-dealkylation sites (tertiary alicyclic amines) is 1. The van der Waals surface area contributed by atoms with Crippen LogP contribution in [-0.2, 0) is 9.53 Å². The van der Waals surface area contributed by atoms with Crippen LogP contribution in [0.15, 0.2) is 0 Å². The highest BCUT2D eigenvalue weighted by Gasteiger charge is 2.24. The quantitative estimate of drug-likeness (QED) is 0.685. The molecule has 0 aromatic heterocycles. The third kappa shape index (κ3) is 6.88. The van der Waals surface area contributed by atoms with E-state index < -0.39 is 0 Å². The van der Waals surface area contributed by atoms with Gasteiger partial charge in [-0.25, -0.2) is 0 Å². The molecule has 0 spiro atoms. The van der Waals surface area contributed by atoms with Crippen molar-refractivity contribution in [1.82, 2.24) is 10.2 Å². The summed E-state index contributed by atoms with van der Waals surface area (Å²) in [6.07, 6.45) is 3.50. The molecular weight excluding hydrogens is 254 g/mol. The molecule has 1 amide bonds. The molecule has 0 aliphatic carbocycles. The zero-order valence-electron chi connectivity index (χ0n) is 12.7. The second-order valence-electron chi connectivity index (χ2n) is 5.59. The van der Waals surface area contributed by atoms with Gasteiger partial charge in [0.2, 0.25) is 5.91 Å². The summed E-state index contributed by atoms with van der Waals surface area (Å²) in [4.78, 5) is 14.3. The third-order valence-electron chi connectivity index (χ3n) is 3.57. The summed E-state index contributed by atoms with van der Waals surface area (Å²) in [5.74, 6) is 0.314. The van der Waals surface area contributed by atoms with E-state index >= 15 is 0 Å². The van der Waals surface area contributed by atoms with Crippen molar-refractivity contribution in [3.8, 4) is 6.07 Å². The Morgan fingerprint density at radius 3 is 2.75 bits per heavy atom. The van der Waals surface area contributed by atoms with Crippen molar-refractivity contribution in [1.29, 1.82) is 5.26 Å². The first-order valence-electron chi connectivity index (χ1n) is 7.62. The molecule has 1 aliphatic rings. The minimum atomic E-state index is 0.138. The van der Waals surface area contributed by atoms with Crippen LogP contribution in [0.3, 0.4) is 0 Å². The van der Waals surface area contributed by atoms with Gasteiger partial charge >= 0.3 is 0 Å². The number of amides is 1. The van der Waals surface area contributed by atoms with Gasteiger partial charge < -0.3 is 15.0 Å². The highest BCUT2D eigenvalue weighted by atomic mass is 16.5. The second kappa shape index (κ2) is 9.73. The van der Waals surface area contributed by atoms with Crippen molar-refractivity contribution in [2.24, 2.45) is 5.92 Å². The number of nitriles is 1. The van der Waals surface area contributed by atoms with Crippen molar-refractivity contribution in [2.75, 3.05) is 32.8 Å². The molecule has 0 radical (unpaired) electrons. The molecule has 0 atom stereocenters. The SMILES string of the molecule is CC(C)OCCCNC(=O)C1CCN(CCC#N)CC1. The third-order valence-corrected chi connectivity index (χ3v) is 3.57. The van der Waals surface area contributed by atoms with Crippen LogP contribution in [0.4, 0.5) is 0 Å². The molecule has 1 aliphatic heterocycles. The van der Waals surface area contributed by atoms with Gasteiger partial charge in [0.1, 0.15) is 0 Å². The van der Waals surface area contributed by atoms with E-state index in [-0.39, 0.29) is 17.9 Å². The van der Waals surface area contributed by atoms with E-state index in [0.29, 0.717) is 19.6 Å². The molecule has 114 valence electrons. The monoisotopic (exact) mass is 281 g/mol. The Morgan fingerprint density at radius 1 is 1.45 bits per heavy atom. The van der Waals surface area contributed by atoms with Crippen LogP contribution < -0.4 is 5.32 Å². The summed E-state index contributed by atoms with van der Waals surface area (Å²) in [5.41, 5.74) is 0. The number of hydrogen-bond donors (Lipinski definition) is 1. The number of nitrogens with zero attached hydrogens (tertiary/aromatic N) is 2. The molecule has 5 nitrogen and oxygen atoms in total. The highest BCUT2D eigenvalue weighted by Crippen LogP contribution is 2.17. The van der Waals surface area contributed by atoms with E-state index in [1.807, 2.05) is 13.8 Å². The van der Waals surface area contributed by atoms with E-state index in [2.05, 4.69) is 16.3 Å². The number of rotatable bonds is 8. The first kappa shape index (κ1) is 16.9. The number of carbonyl (C=O) groups is 1. The fourth-order valence-corrected chi connectivity index (χ4v) is 2.37. The largest absolute Gasteiger partial charge is 0.379 e. The molecule has 1 N–H and O–H groups in total. The zero-order valence-corrected chi connectivity index (χ0v) is 12.7. The number of carbonyl (C=O) groups excluding carboxylic acids is 1. The smallest absolute Gasteiger partial charge is 0.223 e. The molecule has 20 heavy (non-hydrogen) atoms. The summed E-state index contributed by atoms with van der Waals surface area (Å²) in [6, 6.07) is 2.16. The second-order valence-corrected chi connectivity index (χ2v) is 5.59. The molecule has 0 unspecified atom stereocenters. The summed E-state index contributed by atoms with van der Waals surface area (Å²) in [7, 11) is 0. The fourth-order valence-electron chi connectivity index (χ4n) is 2.37. The predicted molar refractivity (Wildman–Crippen MR) is 78.1 cm³/mol. The maximum Gasteiger partial charge on any atom is 0.223 e. The highest BCUT2D eigenvalue weighted by molar-refractivity contribution is 5.78. The molecule has 1 heterocycles. The lowest BCUT2D eigenvalue weighted by Gasteiger charge is -2.30. The van der Waals surface area contributed by atoms with Crippen molar-refractivity contribution in [2.45, 2.75) is 45.6 Å². The van der Waals surface area contributed by atoms with Crippen molar-refractivity contribution < 1.29 is 9.53 Å². The maximum absolute atomic E-state index is 12.0. The molecule has 0 saturated carbocycles. The topological polar surface area (TPSA) is 65.4 Å². The van der Waals surface area contributed by atoms with Gasteiger partial charge in [-0.15, -0.1) is 0 Å². The van der Waals surface area contributed by atoms with Gasteiger partial charge in [0.15, 0.2) is 0 Å². The first-order valence-corrected chi connectivity index (χ1v) is 7.62. The molecular formula is C15H27N3O2. The van der Waals surface area contributed by atoms with Gasteiger partial charge in [-0.1, -0.05) is 0 Å². The van der Waals surface area contributed by atoms with Crippen LogP contribution in [0.1, 0.15) is 39.5 Å². The van der Waals surface area contributed by atoms with Crippen LogP contribution in [0.25, 0.3) is 0 Å². The number of ether oxygens (including phenoxy) is 1. The summed E-state index contributed by atoms with van der Waals surface area (Å²) in [6.45, 7) is 8.10. The predicted octanol–water partition coefficient (Wildman–Crippen LogP) is 1.54. The van der Waals surface area contributed by atoms with E-state index in [1.54, 1.807) is 0 Å². The molecule has 1 saturated heterocycles. The lowest BCUT2D eigenvalue weighted by Crippen LogP contribution is -2.41. The number of nitrogens with one attached hydrogen (secondary N) is 1. The van der Waals surface area contributed by atoms with Crippen molar-refractivity contribution in [3.05, 3.63) is 0 Å². The van der Waals surface area contributed by atoms with Gasteiger partial charge in [-0.3, -0.25) is 4.79 Å². The zero-order chi connectivity index (χ0) is 14.8. The van der Waals surface area contributed by atoms with Crippen LogP contribution in [-0.4, -0.2) is 49.7 Å². The van der Waals surface area contributed by atoms with Crippen molar-refractivity contribution >= 4 is 5.91 Å². The molecule has 0 bridgehead atoms. The van der Waals surface area contributed by atoms with Gasteiger partial charge in [0.05, 0.1) is 12.2 Å². The Hall–Kier alpha value is -1.12. The Balaban J connectivity index is 2.09. The molecule has 1 rings (SSSR count). The van der Waals surface area contributed by atoms with Crippen molar-refractivity contribution in [3.63, 3.8) is 0 Å². The standard InChI is InChI=1S/C15H27N3O2/c1-13(2)20-12-4-8-17-15(19)14-5-10-18(11-6-14)9-3-7-16/h13-14H,3-6,8-12H2,1-2H3,(H,17,19). The van der Waals surface area contributed by atoms with E-state index in [0.717, 1.165) is 38.9 Å². The Bertz CT molecular complexity index is 318. The van der Waals surface area contributed by atoms with E-state index in [4.69, 9.17) is 10.00 Å². The summed E-state index contributed by atoms with van der Waals surface area (Å²) >= 11 is 0. The summed E-state index contributed by atoms with van der Waals surface area (Å²) < 4.78 is 5.44.